The van der Waals surface area contributed by atoms with Crippen molar-refractivity contribution in [1.29, 1.82) is 0 Å². The van der Waals surface area contributed by atoms with Crippen molar-refractivity contribution in [3.63, 3.8) is 0 Å². The Labute approximate surface area is 138 Å². The number of carbonyl (C=O) groups excluding carboxylic acids is 1. The van der Waals surface area contributed by atoms with Crippen molar-refractivity contribution >= 4 is 11.9 Å². The van der Waals surface area contributed by atoms with Crippen LogP contribution in [0.1, 0.15) is 36.1 Å². The summed E-state index contributed by atoms with van der Waals surface area (Å²) in [4.78, 5) is 22.9. The number of carboxylic acid groups (broad SMARTS) is 1. The number of amides is 1. The van der Waals surface area contributed by atoms with Crippen LogP contribution < -0.4 is 5.32 Å². The van der Waals surface area contributed by atoms with E-state index < -0.39 is 12.0 Å². The van der Waals surface area contributed by atoms with E-state index >= 15 is 0 Å². The van der Waals surface area contributed by atoms with Crippen LogP contribution in [0.4, 0.5) is 0 Å². The normalized spacial score (nSPS) is 12.3. The molecule has 2 aromatic heterocycles. The van der Waals surface area contributed by atoms with Gasteiger partial charge in [0.1, 0.15) is 18.3 Å². The number of aromatic carboxylic acids is 1. The van der Waals surface area contributed by atoms with Gasteiger partial charge in [-0.05, 0) is 18.1 Å². The smallest absolute Gasteiger partial charge is 0.358 e. The molecule has 0 aromatic carbocycles. The number of nitrogens with zero attached hydrogens (tertiary/aromatic N) is 3. The highest BCUT2D eigenvalue weighted by molar-refractivity contribution is 5.84. The molecule has 2 N–H and O–H groups in total. The molecule has 0 spiro atoms. The van der Waals surface area contributed by atoms with Gasteiger partial charge in [-0.2, -0.15) is 0 Å². The van der Waals surface area contributed by atoms with E-state index in [9.17, 15) is 9.59 Å². The van der Waals surface area contributed by atoms with Crippen LogP contribution in [0.3, 0.4) is 0 Å². The molecule has 1 atom stereocenters. The molecule has 2 heterocycles. The Balaban J connectivity index is 1.94. The van der Waals surface area contributed by atoms with Crippen molar-refractivity contribution in [3.05, 3.63) is 36.0 Å². The van der Waals surface area contributed by atoms with Crippen LogP contribution in [0.2, 0.25) is 0 Å². The standard InChI is InChI=1S/C15H20N4O5/c1-10(2)8-23-9-12(13-4-3-5-24-13)16-14(20)7-19-6-11(15(21)22)17-18-19/h3-6,10,12H,7-9H2,1-2H3,(H,16,20)(H,21,22). The number of furan rings is 1. The second kappa shape index (κ2) is 8.25. The largest absolute Gasteiger partial charge is 0.476 e. The van der Waals surface area contributed by atoms with E-state index in [0.29, 0.717) is 18.3 Å². The fourth-order valence-electron chi connectivity index (χ4n) is 1.97. The van der Waals surface area contributed by atoms with Gasteiger partial charge in [-0.1, -0.05) is 19.1 Å². The molecule has 0 fully saturated rings. The van der Waals surface area contributed by atoms with Gasteiger partial charge >= 0.3 is 5.97 Å². The molecule has 0 saturated heterocycles. The third kappa shape index (κ3) is 5.20. The summed E-state index contributed by atoms with van der Waals surface area (Å²) in [6.07, 6.45) is 2.71. The van der Waals surface area contributed by atoms with Gasteiger partial charge in [0, 0.05) is 6.61 Å². The SMILES string of the molecule is CC(C)COCC(NC(=O)Cn1cc(C(=O)O)nn1)c1ccco1. The van der Waals surface area contributed by atoms with E-state index in [2.05, 4.69) is 15.6 Å². The quantitative estimate of drug-likeness (QED) is 0.703. The first kappa shape index (κ1) is 17.7. The minimum Gasteiger partial charge on any atom is -0.476 e. The number of nitrogens with one attached hydrogen (secondary N) is 1. The summed E-state index contributed by atoms with van der Waals surface area (Å²) in [6.45, 7) is 4.76. The number of ether oxygens (including phenoxy) is 1. The maximum absolute atomic E-state index is 12.1. The summed E-state index contributed by atoms with van der Waals surface area (Å²) in [7, 11) is 0. The van der Waals surface area contributed by atoms with Gasteiger partial charge in [0.15, 0.2) is 5.69 Å². The Hall–Kier alpha value is -2.68. The van der Waals surface area contributed by atoms with Crippen molar-refractivity contribution in [2.75, 3.05) is 13.2 Å². The number of carboxylic acids is 1. The lowest BCUT2D eigenvalue weighted by molar-refractivity contribution is -0.123. The lowest BCUT2D eigenvalue weighted by Crippen LogP contribution is -2.34. The summed E-state index contributed by atoms with van der Waals surface area (Å²) < 4.78 is 12.1. The third-order valence-electron chi connectivity index (χ3n) is 3.02. The molecular weight excluding hydrogens is 316 g/mol. The summed E-state index contributed by atoms with van der Waals surface area (Å²) >= 11 is 0. The highest BCUT2D eigenvalue weighted by Crippen LogP contribution is 2.14. The summed E-state index contributed by atoms with van der Waals surface area (Å²) in [5.41, 5.74) is -0.217. The van der Waals surface area contributed by atoms with E-state index in [4.69, 9.17) is 14.3 Å². The molecule has 0 bridgehead atoms. The topological polar surface area (TPSA) is 119 Å². The van der Waals surface area contributed by atoms with E-state index in [-0.39, 0.29) is 24.8 Å². The molecule has 0 aliphatic carbocycles. The Kier molecular flexibility index (Phi) is 6.07. The van der Waals surface area contributed by atoms with Gasteiger partial charge in [-0.3, -0.25) is 4.79 Å². The van der Waals surface area contributed by atoms with Crippen molar-refractivity contribution in [1.82, 2.24) is 20.3 Å². The van der Waals surface area contributed by atoms with Crippen LogP contribution in [0.15, 0.2) is 29.0 Å². The van der Waals surface area contributed by atoms with E-state index in [1.165, 1.54) is 12.5 Å². The highest BCUT2D eigenvalue weighted by atomic mass is 16.5. The zero-order valence-electron chi connectivity index (χ0n) is 13.5. The first-order chi connectivity index (χ1) is 11.5. The van der Waals surface area contributed by atoms with Crippen LogP contribution in [0.25, 0.3) is 0 Å². The number of aromatic nitrogens is 3. The van der Waals surface area contributed by atoms with Crippen LogP contribution in [0, 0.1) is 5.92 Å². The highest BCUT2D eigenvalue weighted by Gasteiger charge is 2.19. The van der Waals surface area contributed by atoms with Gasteiger partial charge in [-0.15, -0.1) is 5.10 Å². The van der Waals surface area contributed by atoms with E-state index in [1.54, 1.807) is 12.1 Å². The predicted molar refractivity (Wildman–Crippen MR) is 82.2 cm³/mol. The minimum atomic E-state index is -1.20. The molecule has 9 heteroatoms. The summed E-state index contributed by atoms with van der Waals surface area (Å²) in [5, 5.41) is 18.6. The van der Waals surface area contributed by atoms with Gasteiger partial charge in [-0.25, -0.2) is 9.48 Å². The zero-order valence-corrected chi connectivity index (χ0v) is 13.5. The molecule has 24 heavy (non-hydrogen) atoms. The molecule has 0 aliphatic heterocycles. The Morgan fingerprint density at radius 3 is 2.79 bits per heavy atom. The van der Waals surface area contributed by atoms with Gasteiger partial charge in [0.25, 0.3) is 0 Å². The second-order valence-corrected chi connectivity index (χ2v) is 5.67. The lowest BCUT2D eigenvalue weighted by atomic mass is 10.2. The third-order valence-corrected chi connectivity index (χ3v) is 3.02. The average Bonchev–Trinajstić information content (AvgIpc) is 3.17. The lowest BCUT2D eigenvalue weighted by Gasteiger charge is -2.17. The molecular formula is C15H20N4O5. The van der Waals surface area contributed by atoms with Crippen LogP contribution in [-0.4, -0.2) is 45.2 Å². The fourth-order valence-corrected chi connectivity index (χ4v) is 1.97. The summed E-state index contributed by atoms with van der Waals surface area (Å²) in [5.74, 6) is -0.594. The molecule has 0 radical (unpaired) electrons. The van der Waals surface area contributed by atoms with Gasteiger partial charge in [0.2, 0.25) is 5.91 Å². The van der Waals surface area contributed by atoms with E-state index in [1.807, 2.05) is 13.8 Å². The van der Waals surface area contributed by atoms with Gasteiger partial charge in [0.05, 0.1) is 19.1 Å². The maximum atomic E-state index is 12.1. The van der Waals surface area contributed by atoms with Crippen molar-refractivity contribution in [3.8, 4) is 0 Å². The zero-order chi connectivity index (χ0) is 17.5. The molecule has 130 valence electrons. The van der Waals surface area contributed by atoms with E-state index in [0.717, 1.165) is 4.68 Å². The number of hydrogen-bond donors (Lipinski definition) is 2. The Morgan fingerprint density at radius 2 is 2.21 bits per heavy atom. The predicted octanol–water partition coefficient (Wildman–Crippen LogP) is 1.10. The molecule has 9 nitrogen and oxygen atoms in total. The van der Waals surface area contributed by atoms with Crippen molar-refractivity contribution < 1.29 is 23.8 Å². The van der Waals surface area contributed by atoms with Crippen LogP contribution in [0.5, 0.6) is 0 Å². The molecule has 1 amide bonds. The first-order valence-electron chi connectivity index (χ1n) is 7.49. The van der Waals surface area contributed by atoms with Crippen molar-refractivity contribution in [2.45, 2.75) is 26.4 Å². The van der Waals surface area contributed by atoms with Gasteiger partial charge < -0.3 is 19.6 Å². The average molecular weight is 336 g/mol. The molecule has 0 aliphatic rings. The Bertz CT molecular complexity index is 665. The summed E-state index contributed by atoms with van der Waals surface area (Å²) in [6, 6.07) is 3.04. The number of carbonyl (C=O) groups is 2. The number of rotatable bonds is 9. The molecule has 0 saturated carbocycles. The maximum Gasteiger partial charge on any atom is 0.358 e. The fraction of sp³-hybridized carbons (Fsp3) is 0.467. The minimum absolute atomic E-state index is 0.151. The monoisotopic (exact) mass is 336 g/mol. The first-order valence-corrected chi connectivity index (χ1v) is 7.49. The number of hydrogen-bond acceptors (Lipinski definition) is 6. The van der Waals surface area contributed by atoms with Crippen molar-refractivity contribution in [2.24, 2.45) is 5.92 Å². The van der Waals surface area contributed by atoms with Crippen LogP contribution in [-0.2, 0) is 16.1 Å². The molecule has 2 rings (SSSR count). The molecule has 1 unspecified atom stereocenters. The second-order valence-electron chi connectivity index (χ2n) is 5.67. The van der Waals surface area contributed by atoms with Crippen LogP contribution >= 0.6 is 0 Å². The molecule has 2 aromatic rings. The Morgan fingerprint density at radius 1 is 1.42 bits per heavy atom.